The van der Waals surface area contributed by atoms with Crippen molar-refractivity contribution in [1.82, 2.24) is 5.32 Å². The second-order valence-corrected chi connectivity index (χ2v) is 5.47. The van der Waals surface area contributed by atoms with Crippen molar-refractivity contribution in [2.75, 3.05) is 5.32 Å². The minimum absolute atomic E-state index is 0.421. The summed E-state index contributed by atoms with van der Waals surface area (Å²) in [5, 5.41) is 7.21. The van der Waals surface area contributed by atoms with E-state index in [1.54, 1.807) is 0 Å². The molecule has 0 saturated carbocycles. The molecule has 0 radical (unpaired) electrons. The third-order valence-electron chi connectivity index (χ3n) is 2.93. The van der Waals surface area contributed by atoms with Crippen LogP contribution in [0, 0.1) is 0 Å². The normalized spacial score (nSPS) is 12.3. The Bertz CT molecular complexity index is 371. The number of benzene rings is 1. The molecule has 0 fully saturated rings. The maximum atomic E-state index is 5.29. The van der Waals surface area contributed by atoms with E-state index in [-0.39, 0.29) is 0 Å². The Morgan fingerprint density at radius 2 is 1.78 bits per heavy atom. The summed E-state index contributed by atoms with van der Waals surface area (Å²) >= 11 is 5.29. The number of anilines is 1. The van der Waals surface area contributed by atoms with E-state index in [1.165, 1.54) is 12.0 Å². The van der Waals surface area contributed by atoms with E-state index in [4.69, 9.17) is 12.2 Å². The Hall–Kier alpha value is -1.09. The molecule has 1 aromatic rings. The van der Waals surface area contributed by atoms with E-state index in [9.17, 15) is 0 Å². The van der Waals surface area contributed by atoms with Gasteiger partial charge in [0.1, 0.15) is 0 Å². The zero-order valence-corrected chi connectivity index (χ0v) is 12.6. The smallest absolute Gasteiger partial charge is 0.170 e. The lowest BCUT2D eigenvalue weighted by atomic mass is 10.0. The van der Waals surface area contributed by atoms with Crippen molar-refractivity contribution in [2.24, 2.45) is 0 Å². The van der Waals surface area contributed by atoms with Crippen LogP contribution in [0.4, 0.5) is 5.69 Å². The molecular formula is C15H24N2S. The van der Waals surface area contributed by atoms with Gasteiger partial charge in [-0.15, -0.1) is 0 Å². The van der Waals surface area contributed by atoms with Crippen LogP contribution in [0.3, 0.4) is 0 Å². The molecule has 100 valence electrons. The summed E-state index contributed by atoms with van der Waals surface area (Å²) in [5.74, 6) is 0.564. The molecule has 0 aliphatic rings. The summed E-state index contributed by atoms with van der Waals surface area (Å²) in [6.07, 6.45) is 2.30. The lowest BCUT2D eigenvalue weighted by Gasteiger charge is -2.16. The van der Waals surface area contributed by atoms with Crippen LogP contribution in [0.15, 0.2) is 24.3 Å². The molecular weight excluding hydrogens is 240 g/mol. The number of thiocarbonyl (C=S) groups is 1. The van der Waals surface area contributed by atoms with Gasteiger partial charge in [-0.25, -0.2) is 0 Å². The van der Waals surface area contributed by atoms with E-state index in [0.29, 0.717) is 17.1 Å². The van der Waals surface area contributed by atoms with Crippen molar-refractivity contribution < 1.29 is 0 Å². The van der Waals surface area contributed by atoms with E-state index in [0.717, 1.165) is 12.1 Å². The van der Waals surface area contributed by atoms with Gasteiger partial charge in [0, 0.05) is 11.7 Å². The van der Waals surface area contributed by atoms with E-state index in [2.05, 4.69) is 62.6 Å². The molecule has 0 saturated heterocycles. The average Bonchev–Trinajstić information content (AvgIpc) is 2.29. The number of rotatable bonds is 5. The molecule has 2 N–H and O–H groups in total. The Morgan fingerprint density at radius 3 is 2.28 bits per heavy atom. The van der Waals surface area contributed by atoms with Gasteiger partial charge in [0.2, 0.25) is 0 Å². The predicted molar refractivity (Wildman–Crippen MR) is 84.3 cm³/mol. The van der Waals surface area contributed by atoms with Gasteiger partial charge in [-0.3, -0.25) is 0 Å². The highest BCUT2D eigenvalue weighted by molar-refractivity contribution is 7.80. The largest absolute Gasteiger partial charge is 0.360 e. The molecule has 1 rings (SSSR count). The molecule has 2 nitrogen and oxygen atoms in total. The van der Waals surface area contributed by atoms with E-state index >= 15 is 0 Å². The lowest BCUT2D eigenvalue weighted by Crippen LogP contribution is -2.35. The second kappa shape index (κ2) is 7.37. The molecule has 18 heavy (non-hydrogen) atoms. The summed E-state index contributed by atoms with van der Waals surface area (Å²) in [7, 11) is 0. The van der Waals surface area contributed by atoms with Gasteiger partial charge in [-0.05, 0) is 49.2 Å². The standard InChI is InChI=1S/C15H24N2S/c1-5-6-12(4)16-15(18)17-14-9-7-13(8-10-14)11(2)3/h7-12H,5-6H2,1-4H3,(H2,16,17,18)/t12-/m1/s1. The molecule has 0 aliphatic carbocycles. The van der Waals surface area contributed by atoms with E-state index in [1.807, 2.05) is 0 Å². The first-order chi connectivity index (χ1) is 8.52. The Balaban J connectivity index is 2.49. The Morgan fingerprint density at radius 1 is 1.17 bits per heavy atom. The van der Waals surface area contributed by atoms with Crippen molar-refractivity contribution in [2.45, 2.75) is 52.5 Å². The summed E-state index contributed by atoms with van der Waals surface area (Å²) in [6.45, 7) is 8.72. The van der Waals surface area contributed by atoms with Gasteiger partial charge < -0.3 is 10.6 Å². The number of hydrogen-bond donors (Lipinski definition) is 2. The fraction of sp³-hybridized carbons (Fsp3) is 0.533. The topological polar surface area (TPSA) is 24.1 Å². The van der Waals surface area contributed by atoms with Crippen LogP contribution in [0.25, 0.3) is 0 Å². The molecule has 0 unspecified atom stereocenters. The molecule has 1 atom stereocenters. The van der Waals surface area contributed by atoms with Crippen LogP contribution in [0.5, 0.6) is 0 Å². The van der Waals surface area contributed by atoms with Gasteiger partial charge in [-0.2, -0.15) is 0 Å². The van der Waals surface area contributed by atoms with Crippen LogP contribution in [-0.2, 0) is 0 Å². The molecule has 0 spiro atoms. The number of nitrogens with one attached hydrogen (secondary N) is 2. The van der Waals surface area contributed by atoms with E-state index < -0.39 is 0 Å². The summed E-state index contributed by atoms with van der Waals surface area (Å²) in [6, 6.07) is 8.86. The fourth-order valence-electron chi connectivity index (χ4n) is 1.85. The van der Waals surface area contributed by atoms with Crippen LogP contribution in [-0.4, -0.2) is 11.2 Å². The van der Waals surface area contributed by atoms with Gasteiger partial charge in [0.25, 0.3) is 0 Å². The van der Waals surface area contributed by atoms with Crippen LogP contribution in [0.2, 0.25) is 0 Å². The van der Waals surface area contributed by atoms with Crippen molar-refractivity contribution in [1.29, 1.82) is 0 Å². The minimum Gasteiger partial charge on any atom is -0.360 e. The molecule has 0 heterocycles. The van der Waals surface area contributed by atoms with Gasteiger partial charge in [0.15, 0.2) is 5.11 Å². The third-order valence-corrected chi connectivity index (χ3v) is 3.15. The van der Waals surface area contributed by atoms with Gasteiger partial charge >= 0.3 is 0 Å². The molecule has 1 aromatic carbocycles. The molecule has 0 amide bonds. The van der Waals surface area contributed by atoms with Crippen LogP contribution >= 0.6 is 12.2 Å². The average molecular weight is 264 g/mol. The van der Waals surface area contributed by atoms with Crippen LogP contribution in [0.1, 0.15) is 52.0 Å². The summed E-state index contributed by atoms with van der Waals surface area (Å²) < 4.78 is 0. The number of hydrogen-bond acceptors (Lipinski definition) is 1. The Kier molecular flexibility index (Phi) is 6.13. The molecule has 0 bridgehead atoms. The quantitative estimate of drug-likeness (QED) is 0.776. The molecule has 0 aliphatic heterocycles. The highest BCUT2D eigenvalue weighted by atomic mass is 32.1. The summed E-state index contributed by atoms with van der Waals surface area (Å²) in [5.41, 5.74) is 2.39. The first-order valence-electron chi connectivity index (χ1n) is 6.70. The molecule has 0 aromatic heterocycles. The maximum absolute atomic E-state index is 5.29. The third kappa shape index (κ3) is 5.05. The van der Waals surface area contributed by atoms with Crippen molar-refractivity contribution in [3.05, 3.63) is 29.8 Å². The Labute approximate surface area is 116 Å². The zero-order valence-electron chi connectivity index (χ0n) is 11.8. The van der Waals surface area contributed by atoms with Crippen molar-refractivity contribution >= 4 is 23.0 Å². The molecule has 3 heteroatoms. The first kappa shape index (κ1) is 15.0. The minimum atomic E-state index is 0.421. The van der Waals surface area contributed by atoms with Crippen molar-refractivity contribution in [3.8, 4) is 0 Å². The summed E-state index contributed by atoms with van der Waals surface area (Å²) in [4.78, 5) is 0. The lowest BCUT2D eigenvalue weighted by molar-refractivity contribution is 0.599. The first-order valence-corrected chi connectivity index (χ1v) is 7.11. The SMILES string of the molecule is CCC[C@@H](C)NC(=S)Nc1ccc(C(C)C)cc1. The maximum Gasteiger partial charge on any atom is 0.170 e. The monoisotopic (exact) mass is 264 g/mol. The van der Waals surface area contributed by atoms with Crippen LogP contribution < -0.4 is 10.6 Å². The van der Waals surface area contributed by atoms with Crippen molar-refractivity contribution in [3.63, 3.8) is 0 Å². The van der Waals surface area contributed by atoms with Gasteiger partial charge in [0.05, 0.1) is 0 Å². The fourth-order valence-corrected chi connectivity index (χ4v) is 2.17. The second-order valence-electron chi connectivity index (χ2n) is 5.06. The zero-order chi connectivity index (χ0) is 13.5. The highest BCUT2D eigenvalue weighted by Crippen LogP contribution is 2.17. The van der Waals surface area contributed by atoms with Gasteiger partial charge in [-0.1, -0.05) is 39.3 Å². The predicted octanol–water partition coefficient (Wildman–Crippen LogP) is 4.29. The highest BCUT2D eigenvalue weighted by Gasteiger charge is 2.04.